The molecule has 0 amide bonds. The molecule has 0 aromatic heterocycles. The van der Waals surface area contributed by atoms with E-state index in [4.69, 9.17) is 4.74 Å². The van der Waals surface area contributed by atoms with Crippen LogP contribution in [-0.2, 0) is 9.53 Å². The molecule has 0 spiro atoms. The van der Waals surface area contributed by atoms with Crippen molar-refractivity contribution in [1.82, 2.24) is 4.31 Å². The van der Waals surface area contributed by atoms with Crippen molar-refractivity contribution in [1.29, 1.82) is 0 Å². The number of hydrogen-bond acceptors (Lipinski definition) is 4. The number of carbonyl (C=O) groups is 1. The standard InChI is InChI=1S/C14H13NO2S/c1-15-12(14(16)17-2)11-8-7-9-5-3-4-6-10(9)13(11)18-15/h3-8,12H,1-2H3. The Hall–Kier alpha value is -1.52. The molecule has 0 saturated heterocycles. The monoisotopic (exact) mass is 259 g/mol. The summed E-state index contributed by atoms with van der Waals surface area (Å²) in [6, 6.07) is 12.0. The Morgan fingerprint density at radius 3 is 2.83 bits per heavy atom. The molecule has 1 heterocycles. The SMILES string of the molecule is COC(=O)C1c2ccc3ccccc3c2SN1C. The Morgan fingerprint density at radius 2 is 2.06 bits per heavy atom. The van der Waals surface area contributed by atoms with Gasteiger partial charge in [-0.05, 0) is 35.3 Å². The number of ether oxygens (including phenoxy) is 1. The minimum Gasteiger partial charge on any atom is -0.468 e. The van der Waals surface area contributed by atoms with E-state index in [2.05, 4.69) is 18.2 Å². The molecule has 2 aromatic carbocycles. The fourth-order valence-corrected chi connectivity index (χ4v) is 3.52. The van der Waals surface area contributed by atoms with E-state index in [0.29, 0.717) is 0 Å². The number of methoxy groups -OCH3 is 1. The second kappa shape index (κ2) is 4.30. The summed E-state index contributed by atoms with van der Waals surface area (Å²) in [5.74, 6) is -0.209. The van der Waals surface area contributed by atoms with Crippen LogP contribution in [0, 0.1) is 0 Å². The van der Waals surface area contributed by atoms with E-state index in [0.717, 1.165) is 10.5 Å². The van der Waals surface area contributed by atoms with Crippen LogP contribution in [0.25, 0.3) is 10.8 Å². The molecule has 0 radical (unpaired) electrons. The molecule has 2 aromatic rings. The maximum Gasteiger partial charge on any atom is 0.328 e. The summed E-state index contributed by atoms with van der Waals surface area (Å²) < 4.78 is 6.83. The number of fused-ring (bicyclic) bond motifs is 3. The van der Waals surface area contributed by atoms with Gasteiger partial charge in [0.1, 0.15) is 6.04 Å². The normalized spacial score (nSPS) is 18.9. The fraction of sp³-hybridized carbons (Fsp3) is 0.214. The Bertz CT molecular complexity index is 626. The number of hydrogen-bond donors (Lipinski definition) is 0. The van der Waals surface area contributed by atoms with Crippen LogP contribution >= 0.6 is 11.9 Å². The zero-order valence-electron chi connectivity index (χ0n) is 10.2. The fourth-order valence-electron chi connectivity index (χ4n) is 2.36. The molecule has 18 heavy (non-hydrogen) atoms. The van der Waals surface area contributed by atoms with E-state index in [9.17, 15) is 4.79 Å². The van der Waals surface area contributed by atoms with Gasteiger partial charge in [-0.25, -0.2) is 9.10 Å². The number of likely N-dealkylation sites (N-methyl/N-ethyl adjacent to an activating group) is 1. The van der Waals surface area contributed by atoms with Crippen molar-refractivity contribution in [3.05, 3.63) is 42.0 Å². The highest BCUT2D eigenvalue weighted by Gasteiger charge is 2.35. The summed E-state index contributed by atoms with van der Waals surface area (Å²) in [7, 11) is 3.35. The molecule has 92 valence electrons. The Balaban J connectivity index is 2.20. The van der Waals surface area contributed by atoms with Crippen molar-refractivity contribution in [2.24, 2.45) is 0 Å². The third-order valence-electron chi connectivity index (χ3n) is 3.23. The van der Waals surface area contributed by atoms with Crippen molar-refractivity contribution >= 4 is 28.7 Å². The zero-order chi connectivity index (χ0) is 12.7. The van der Waals surface area contributed by atoms with Crippen LogP contribution in [-0.4, -0.2) is 24.4 Å². The van der Waals surface area contributed by atoms with Crippen LogP contribution < -0.4 is 0 Å². The highest BCUT2D eigenvalue weighted by molar-refractivity contribution is 7.97. The smallest absolute Gasteiger partial charge is 0.328 e. The number of benzene rings is 2. The quantitative estimate of drug-likeness (QED) is 0.581. The van der Waals surface area contributed by atoms with Crippen LogP contribution in [0.4, 0.5) is 0 Å². The number of esters is 1. The molecule has 1 atom stereocenters. The van der Waals surface area contributed by atoms with Gasteiger partial charge in [-0.2, -0.15) is 0 Å². The van der Waals surface area contributed by atoms with Gasteiger partial charge in [-0.3, -0.25) is 0 Å². The molecule has 1 unspecified atom stereocenters. The van der Waals surface area contributed by atoms with Gasteiger partial charge in [0.05, 0.1) is 7.11 Å². The summed E-state index contributed by atoms with van der Waals surface area (Å²) in [4.78, 5) is 13.0. The molecular weight excluding hydrogens is 246 g/mol. The molecular formula is C14H13NO2S. The van der Waals surface area contributed by atoms with E-state index < -0.39 is 0 Å². The Kier molecular flexibility index (Phi) is 2.76. The highest BCUT2D eigenvalue weighted by atomic mass is 32.2. The summed E-state index contributed by atoms with van der Waals surface area (Å²) in [6.07, 6.45) is 0. The summed E-state index contributed by atoms with van der Waals surface area (Å²) in [6.45, 7) is 0. The first-order valence-electron chi connectivity index (χ1n) is 5.72. The summed E-state index contributed by atoms with van der Waals surface area (Å²) >= 11 is 1.60. The Labute approximate surface area is 110 Å². The average molecular weight is 259 g/mol. The molecule has 1 aliphatic rings. The van der Waals surface area contributed by atoms with E-state index in [1.54, 1.807) is 11.9 Å². The summed E-state index contributed by atoms with van der Waals surface area (Å²) in [5.41, 5.74) is 1.04. The van der Waals surface area contributed by atoms with Crippen LogP contribution in [0.15, 0.2) is 41.3 Å². The van der Waals surface area contributed by atoms with Gasteiger partial charge < -0.3 is 4.74 Å². The maximum atomic E-state index is 11.8. The largest absolute Gasteiger partial charge is 0.468 e. The summed E-state index contributed by atoms with van der Waals surface area (Å²) in [5, 5.41) is 2.39. The van der Waals surface area contributed by atoms with Gasteiger partial charge in [0.2, 0.25) is 0 Å². The van der Waals surface area contributed by atoms with Crippen LogP contribution in [0.1, 0.15) is 11.6 Å². The predicted octanol–water partition coefficient (Wildman–Crippen LogP) is 3.01. The third-order valence-corrected chi connectivity index (χ3v) is 4.36. The van der Waals surface area contributed by atoms with Crippen LogP contribution in [0.2, 0.25) is 0 Å². The number of rotatable bonds is 1. The van der Waals surface area contributed by atoms with Crippen molar-refractivity contribution in [2.45, 2.75) is 10.9 Å². The highest BCUT2D eigenvalue weighted by Crippen LogP contribution is 2.46. The van der Waals surface area contributed by atoms with Crippen LogP contribution in [0.5, 0.6) is 0 Å². The van der Waals surface area contributed by atoms with Gasteiger partial charge in [0.15, 0.2) is 0 Å². The van der Waals surface area contributed by atoms with Crippen molar-refractivity contribution in [3.63, 3.8) is 0 Å². The average Bonchev–Trinajstić information content (AvgIpc) is 2.74. The molecule has 3 rings (SSSR count). The second-order valence-electron chi connectivity index (χ2n) is 4.27. The van der Waals surface area contributed by atoms with E-state index >= 15 is 0 Å². The lowest BCUT2D eigenvalue weighted by Gasteiger charge is -2.15. The molecule has 0 N–H and O–H groups in total. The van der Waals surface area contributed by atoms with E-state index in [1.165, 1.54) is 17.9 Å². The molecule has 4 heteroatoms. The predicted molar refractivity (Wildman–Crippen MR) is 72.3 cm³/mol. The van der Waals surface area contributed by atoms with Gasteiger partial charge in [0.25, 0.3) is 0 Å². The number of carbonyl (C=O) groups excluding carboxylic acids is 1. The lowest BCUT2D eigenvalue weighted by Crippen LogP contribution is -2.22. The molecule has 3 nitrogen and oxygen atoms in total. The maximum absolute atomic E-state index is 11.8. The Morgan fingerprint density at radius 1 is 1.28 bits per heavy atom. The molecule has 0 saturated carbocycles. The molecule has 1 aliphatic heterocycles. The van der Waals surface area contributed by atoms with E-state index in [-0.39, 0.29) is 12.0 Å². The minimum atomic E-state index is -0.306. The third kappa shape index (κ3) is 1.61. The molecule has 0 bridgehead atoms. The lowest BCUT2D eigenvalue weighted by molar-refractivity contribution is -0.144. The molecule has 0 fully saturated rings. The lowest BCUT2D eigenvalue weighted by atomic mass is 10.0. The first-order chi connectivity index (χ1) is 8.72. The van der Waals surface area contributed by atoms with Gasteiger partial charge in [-0.1, -0.05) is 36.4 Å². The second-order valence-corrected chi connectivity index (χ2v) is 5.44. The topological polar surface area (TPSA) is 29.5 Å². The van der Waals surface area contributed by atoms with E-state index in [1.807, 2.05) is 29.6 Å². The first kappa shape index (κ1) is 11.6. The van der Waals surface area contributed by atoms with Gasteiger partial charge in [0, 0.05) is 4.90 Å². The first-order valence-corrected chi connectivity index (χ1v) is 6.50. The van der Waals surface area contributed by atoms with Gasteiger partial charge in [-0.15, -0.1) is 0 Å². The van der Waals surface area contributed by atoms with Gasteiger partial charge >= 0.3 is 5.97 Å². The van der Waals surface area contributed by atoms with Crippen LogP contribution in [0.3, 0.4) is 0 Å². The van der Waals surface area contributed by atoms with Crippen molar-refractivity contribution in [3.8, 4) is 0 Å². The van der Waals surface area contributed by atoms with Crippen molar-refractivity contribution < 1.29 is 9.53 Å². The number of nitrogens with zero attached hydrogens (tertiary/aromatic N) is 1. The molecule has 0 aliphatic carbocycles. The minimum absolute atomic E-state index is 0.209. The zero-order valence-corrected chi connectivity index (χ0v) is 11.0. The van der Waals surface area contributed by atoms with Crippen molar-refractivity contribution in [2.75, 3.05) is 14.2 Å².